The number of benzene rings is 1. The number of nitrogens with zero attached hydrogens (tertiary/aromatic N) is 6. The van der Waals surface area contributed by atoms with Crippen molar-refractivity contribution in [3.8, 4) is 5.69 Å². The van der Waals surface area contributed by atoms with Crippen LogP contribution in [0.5, 0.6) is 0 Å². The van der Waals surface area contributed by atoms with E-state index in [2.05, 4.69) is 20.1 Å². The molecule has 0 unspecified atom stereocenters. The van der Waals surface area contributed by atoms with Crippen molar-refractivity contribution in [2.75, 3.05) is 52.4 Å². The molecule has 2 aromatic rings. The topological polar surface area (TPSA) is 57.5 Å². The number of rotatable bonds is 5. The van der Waals surface area contributed by atoms with Crippen LogP contribution in [0.4, 0.5) is 13.2 Å². The molecule has 1 amide bonds. The van der Waals surface area contributed by atoms with Crippen molar-refractivity contribution in [1.82, 2.24) is 29.7 Å². The molecule has 162 valence electrons. The van der Waals surface area contributed by atoms with Crippen molar-refractivity contribution in [1.29, 1.82) is 0 Å². The maximum absolute atomic E-state index is 13.2. The van der Waals surface area contributed by atoms with Gasteiger partial charge in [0.1, 0.15) is 0 Å². The molecule has 7 nitrogen and oxygen atoms in total. The van der Waals surface area contributed by atoms with Gasteiger partial charge < -0.3 is 9.80 Å². The molecule has 2 fully saturated rings. The lowest BCUT2D eigenvalue weighted by atomic mass is 10.1. The fourth-order valence-electron chi connectivity index (χ4n) is 4.02. The van der Waals surface area contributed by atoms with Crippen LogP contribution in [-0.4, -0.2) is 88.0 Å². The lowest BCUT2D eigenvalue weighted by Gasteiger charge is -2.35. The van der Waals surface area contributed by atoms with E-state index >= 15 is 0 Å². The number of amides is 1. The quantitative estimate of drug-likeness (QED) is 0.739. The molecule has 1 aromatic carbocycles. The second kappa shape index (κ2) is 8.73. The van der Waals surface area contributed by atoms with Crippen LogP contribution in [0.15, 0.2) is 30.5 Å². The normalized spacial score (nSPS) is 18.8. The molecule has 2 saturated heterocycles. The van der Waals surface area contributed by atoms with Gasteiger partial charge in [-0.3, -0.25) is 9.69 Å². The van der Waals surface area contributed by atoms with Gasteiger partial charge >= 0.3 is 6.18 Å². The number of halogens is 3. The zero-order valence-corrected chi connectivity index (χ0v) is 16.7. The summed E-state index contributed by atoms with van der Waals surface area (Å²) in [6, 6.07) is 5.11. The summed E-state index contributed by atoms with van der Waals surface area (Å²) >= 11 is 0. The predicted molar refractivity (Wildman–Crippen MR) is 104 cm³/mol. The average Bonchev–Trinajstić information content (AvgIpc) is 3.44. The first-order chi connectivity index (χ1) is 14.4. The van der Waals surface area contributed by atoms with Gasteiger partial charge in [-0.2, -0.15) is 13.2 Å². The monoisotopic (exact) mass is 422 g/mol. The van der Waals surface area contributed by atoms with E-state index in [1.165, 1.54) is 50.3 Å². The van der Waals surface area contributed by atoms with E-state index in [1.54, 1.807) is 4.90 Å². The Kier molecular flexibility index (Phi) is 6.05. The number of hydrogen-bond donors (Lipinski definition) is 0. The minimum atomic E-state index is -4.52. The summed E-state index contributed by atoms with van der Waals surface area (Å²) in [7, 11) is 0. The predicted octanol–water partition coefficient (Wildman–Crippen LogP) is 2.14. The number of alkyl halides is 3. The summed E-state index contributed by atoms with van der Waals surface area (Å²) in [6.45, 7) is 7.11. The Balaban J connectivity index is 1.36. The number of aromatic nitrogens is 3. The van der Waals surface area contributed by atoms with Crippen LogP contribution in [0.25, 0.3) is 5.69 Å². The van der Waals surface area contributed by atoms with E-state index < -0.39 is 11.7 Å². The molecule has 0 radical (unpaired) electrons. The first-order valence-electron chi connectivity index (χ1n) is 10.2. The molecule has 30 heavy (non-hydrogen) atoms. The SMILES string of the molecule is O=C(c1cn(-c2ccccc2C(F)(F)F)nn1)N1CCN(CCN2CCCC2)CC1. The van der Waals surface area contributed by atoms with Crippen molar-refractivity contribution in [3.63, 3.8) is 0 Å². The molecular weight excluding hydrogens is 397 g/mol. The molecule has 1 aromatic heterocycles. The number of para-hydroxylation sites is 1. The summed E-state index contributed by atoms with van der Waals surface area (Å²) in [4.78, 5) is 19.3. The molecule has 0 bridgehead atoms. The zero-order chi connectivity index (χ0) is 21.1. The highest BCUT2D eigenvalue weighted by Crippen LogP contribution is 2.33. The molecule has 0 aliphatic carbocycles. The standard InChI is InChI=1S/C20H25F3N6O/c21-20(22,23)16-5-1-2-6-18(16)29-15-17(24-25-29)19(30)28-13-11-27(12-14-28)10-9-26-7-3-4-8-26/h1-2,5-6,15H,3-4,7-14H2. The van der Waals surface area contributed by atoms with Crippen LogP contribution in [0.2, 0.25) is 0 Å². The van der Waals surface area contributed by atoms with E-state index in [9.17, 15) is 18.0 Å². The molecular formula is C20H25F3N6O. The smallest absolute Gasteiger partial charge is 0.335 e. The maximum atomic E-state index is 13.2. The number of carbonyl (C=O) groups is 1. The fourth-order valence-corrected chi connectivity index (χ4v) is 4.02. The van der Waals surface area contributed by atoms with Gasteiger partial charge in [-0.15, -0.1) is 5.10 Å². The van der Waals surface area contributed by atoms with Gasteiger partial charge in [-0.1, -0.05) is 17.3 Å². The van der Waals surface area contributed by atoms with Crippen molar-refractivity contribution >= 4 is 5.91 Å². The molecule has 0 atom stereocenters. The molecule has 10 heteroatoms. The Morgan fingerprint density at radius 2 is 1.57 bits per heavy atom. The van der Waals surface area contributed by atoms with Crippen LogP contribution >= 0.6 is 0 Å². The average molecular weight is 422 g/mol. The summed E-state index contributed by atoms with van der Waals surface area (Å²) in [5, 5.41) is 7.60. The molecule has 0 saturated carbocycles. The second-order valence-electron chi connectivity index (χ2n) is 7.75. The maximum Gasteiger partial charge on any atom is 0.418 e. The van der Waals surface area contributed by atoms with Gasteiger partial charge in [-0.05, 0) is 38.1 Å². The third-order valence-electron chi connectivity index (χ3n) is 5.76. The van der Waals surface area contributed by atoms with Crippen LogP contribution < -0.4 is 0 Å². The molecule has 3 heterocycles. The molecule has 4 rings (SSSR count). The van der Waals surface area contributed by atoms with Crippen LogP contribution in [0, 0.1) is 0 Å². The lowest BCUT2D eigenvalue weighted by Crippen LogP contribution is -2.50. The van der Waals surface area contributed by atoms with Crippen molar-refractivity contribution in [2.45, 2.75) is 19.0 Å². The van der Waals surface area contributed by atoms with Crippen LogP contribution in [0.1, 0.15) is 28.9 Å². The molecule has 2 aliphatic heterocycles. The third kappa shape index (κ3) is 4.65. The Bertz CT molecular complexity index is 869. The van der Waals surface area contributed by atoms with Crippen molar-refractivity contribution < 1.29 is 18.0 Å². The van der Waals surface area contributed by atoms with E-state index in [4.69, 9.17) is 0 Å². The molecule has 2 aliphatic rings. The van der Waals surface area contributed by atoms with Crippen LogP contribution in [0.3, 0.4) is 0 Å². The van der Waals surface area contributed by atoms with Crippen molar-refractivity contribution in [3.05, 3.63) is 41.7 Å². The van der Waals surface area contributed by atoms with Gasteiger partial charge in [0.05, 0.1) is 17.4 Å². The number of piperazine rings is 1. The highest BCUT2D eigenvalue weighted by atomic mass is 19.4. The van der Waals surface area contributed by atoms with E-state index in [-0.39, 0.29) is 17.3 Å². The summed E-state index contributed by atoms with van der Waals surface area (Å²) in [6.07, 6.45) is -0.697. The lowest BCUT2D eigenvalue weighted by molar-refractivity contribution is -0.137. The number of likely N-dealkylation sites (tertiary alicyclic amines) is 1. The summed E-state index contributed by atoms with van der Waals surface area (Å²) in [5.41, 5.74) is -0.915. The summed E-state index contributed by atoms with van der Waals surface area (Å²) < 4.78 is 40.7. The van der Waals surface area contributed by atoms with Crippen LogP contribution in [-0.2, 0) is 6.18 Å². The molecule has 0 spiro atoms. The Labute approximate surface area is 173 Å². The van der Waals surface area contributed by atoms with Gasteiger partial charge in [0, 0.05) is 39.3 Å². The van der Waals surface area contributed by atoms with E-state index in [1.807, 2.05) is 0 Å². The minimum absolute atomic E-state index is 0.0532. The first kappa shape index (κ1) is 20.8. The Morgan fingerprint density at radius 3 is 2.23 bits per heavy atom. The fraction of sp³-hybridized carbons (Fsp3) is 0.550. The second-order valence-corrected chi connectivity index (χ2v) is 7.75. The highest BCUT2D eigenvalue weighted by Gasteiger charge is 2.34. The first-order valence-corrected chi connectivity index (χ1v) is 10.2. The Hall–Kier alpha value is -2.46. The van der Waals surface area contributed by atoms with Gasteiger partial charge in [0.2, 0.25) is 0 Å². The Morgan fingerprint density at radius 1 is 0.933 bits per heavy atom. The zero-order valence-electron chi connectivity index (χ0n) is 16.7. The number of carbonyl (C=O) groups excluding carboxylic acids is 1. The van der Waals surface area contributed by atoms with Gasteiger partial charge in [-0.25, -0.2) is 4.68 Å². The van der Waals surface area contributed by atoms with E-state index in [0.29, 0.717) is 13.1 Å². The van der Waals surface area contributed by atoms with E-state index in [0.717, 1.165) is 36.9 Å². The van der Waals surface area contributed by atoms with Gasteiger partial charge in [0.15, 0.2) is 5.69 Å². The van der Waals surface area contributed by atoms with Gasteiger partial charge in [0.25, 0.3) is 5.91 Å². The largest absolute Gasteiger partial charge is 0.418 e. The molecule has 0 N–H and O–H groups in total. The summed E-state index contributed by atoms with van der Waals surface area (Å²) in [5.74, 6) is -0.301. The highest BCUT2D eigenvalue weighted by molar-refractivity contribution is 5.92. The third-order valence-corrected chi connectivity index (χ3v) is 5.76. The minimum Gasteiger partial charge on any atom is -0.335 e. The number of hydrogen-bond acceptors (Lipinski definition) is 5. The van der Waals surface area contributed by atoms with Crippen molar-refractivity contribution in [2.24, 2.45) is 0 Å².